The topological polar surface area (TPSA) is 38.7 Å². The minimum absolute atomic E-state index is 0.0410. The lowest BCUT2D eigenvalue weighted by Crippen LogP contribution is -2.23. The SMILES string of the molecule is O[C@H]1C[C@H](F)[C@@H](COCc2ccccc2)O1. The molecular weight excluding hydrogens is 211 g/mol. The molecule has 3 atom stereocenters. The van der Waals surface area contributed by atoms with Crippen molar-refractivity contribution in [3.05, 3.63) is 35.9 Å². The molecule has 0 unspecified atom stereocenters. The van der Waals surface area contributed by atoms with Gasteiger partial charge in [0.05, 0.1) is 13.2 Å². The molecule has 1 heterocycles. The maximum Gasteiger partial charge on any atom is 0.158 e. The number of alkyl halides is 1. The maximum absolute atomic E-state index is 13.2. The van der Waals surface area contributed by atoms with E-state index in [1.54, 1.807) is 0 Å². The first-order valence-corrected chi connectivity index (χ1v) is 5.35. The summed E-state index contributed by atoms with van der Waals surface area (Å²) in [6, 6.07) is 9.66. The lowest BCUT2D eigenvalue weighted by molar-refractivity contribution is -0.113. The Labute approximate surface area is 93.8 Å². The van der Waals surface area contributed by atoms with Gasteiger partial charge in [0.1, 0.15) is 12.3 Å². The molecule has 1 aromatic carbocycles. The molecule has 1 saturated heterocycles. The van der Waals surface area contributed by atoms with Crippen molar-refractivity contribution in [2.75, 3.05) is 6.61 Å². The van der Waals surface area contributed by atoms with E-state index in [-0.39, 0.29) is 13.0 Å². The fourth-order valence-electron chi connectivity index (χ4n) is 1.70. The lowest BCUT2D eigenvalue weighted by atomic mass is 10.2. The normalized spacial score (nSPS) is 29.5. The fourth-order valence-corrected chi connectivity index (χ4v) is 1.70. The zero-order valence-corrected chi connectivity index (χ0v) is 8.88. The fraction of sp³-hybridized carbons (Fsp3) is 0.500. The molecule has 0 radical (unpaired) electrons. The molecule has 2 rings (SSSR count). The van der Waals surface area contributed by atoms with Gasteiger partial charge in [-0.1, -0.05) is 30.3 Å². The van der Waals surface area contributed by atoms with Crippen LogP contribution in [0.2, 0.25) is 0 Å². The van der Waals surface area contributed by atoms with Crippen LogP contribution in [-0.2, 0) is 16.1 Å². The van der Waals surface area contributed by atoms with Crippen LogP contribution in [0.1, 0.15) is 12.0 Å². The van der Waals surface area contributed by atoms with Crippen LogP contribution >= 0.6 is 0 Å². The number of hydrogen-bond donors (Lipinski definition) is 1. The number of rotatable bonds is 4. The maximum atomic E-state index is 13.2. The summed E-state index contributed by atoms with van der Waals surface area (Å²) in [5.41, 5.74) is 1.04. The van der Waals surface area contributed by atoms with Gasteiger partial charge in [-0.25, -0.2) is 4.39 Å². The first kappa shape index (κ1) is 11.5. The van der Waals surface area contributed by atoms with Crippen molar-refractivity contribution in [1.29, 1.82) is 0 Å². The Balaban J connectivity index is 1.72. The van der Waals surface area contributed by atoms with Crippen molar-refractivity contribution >= 4 is 0 Å². The largest absolute Gasteiger partial charge is 0.374 e. The molecule has 16 heavy (non-hydrogen) atoms. The van der Waals surface area contributed by atoms with E-state index >= 15 is 0 Å². The van der Waals surface area contributed by atoms with E-state index in [1.165, 1.54) is 0 Å². The van der Waals surface area contributed by atoms with Crippen LogP contribution in [-0.4, -0.2) is 30.3 Å². The Morgan fingerprint density at radius 3 is 2.75 bits per heavy atom. The zero-order valence-electron chi connectivity index (χ0n) is 8.88. The molecule has 1 aliphatic heterocycles. The molecule has 1 N–H and O–H groups in total. The average molecular weight is 226 g/mol. The summed E-state index contributed by atoms with van der Waals surface area (Å²) in [6.07, 6.45) is -2.72. The summed E-state index contributed by atoms with van der Waals surface area (Å²) in [5.74, 6) is 0. The molecule has 1 aliphatic rings. The number of benzene rings is 1. The standard InChI is InChI=1S/C12H15FO3/c13-10-6-12(14)16-11(10)8-15-7-9-4-2-1-3-5-9/h1-5,10-12,14H,6-8H2/t10-,11+,12+/m0/s1. The third-order valence-corrected chi connectivity index (χ3v) is 2.56. The highest BCUT2D eigenvalue weighted by Gasteiger charge is 2.34. The Kier molecular flexibility index (Phi) is 3.88. The molecule has 0 aromatic heterocycles. The van der Waals surface area contributed by atoms with E-state index < -0.39 is 18.6 Å². The highest BCUT2D eigenvalue weighted by Crippen LogP contribution is 2.22. The summed E-state index contributed by atoms with van der Waals surface area (Å²) in [7, 11) is 0. The third kappa shape index (κ3) is 3.01. The van der Waals surface area contributed by atoms with Gasteiger partial charge in [0.15, 0.2) is 6.29 Å². The van der Waals surface area contributed by atoms with Crippen molar-refractivity contribution in [2.45, 2.75) is 31.6 Å². The number of halogens is 1. The molecule has 88 valence electrons. The van der Waals surface area contributed by atoms with Crippen LogP contribution in [0.3, 0.4) is 0 Å². The predicted molar refractivity (Wildman–Crippen MR) is 56.5 cm³/mol. The monoisotopic (exact) mass is 226 g/mol. The van der Waals surface area contributed by atoms with E-state index in [4.69, 9.17) is 14.6 Å². The first-order chi connectivity index (χ1) is 7.75. The molecule has 0 amide bonds. The van der Waals surface area contributed by atoms with Crippen LogP contribution in [0.15, 0.2) is 30.3 Å². The van der Waals surface area contributed by atoms with Gasteiger partial charge < -0.3 is 14.6 Å². The van der Waals surface area contributed by atoms with E-state index in [2.05, 4.69) is 0 Å². The molecule has 1 fully saturated rings. The van der Waals surface area contributed by atoms with Crippen molar-refractivity contribution in [1.82, 2.24) is 0 Å². The van der Waals surface area contributed by atoms with Gasteiger partial charge in [-0.3, -0.25) is 0 Å². The van der Waals surface area contributed by atoms with E-state index in [0.29, 0.717) is 6.61 Å². The van der Waals surface area contributed by atoms with Crippen LogP contribution in [0, 0.1) is 0 Å². The Morgan fingerprint density at radius 2 is 2.12 bits per heavy atom. The molecule has 0 aliphatic carbocycles. The second-order valence-electron chi connectivity index (χ2n) is 3.88. The van der Waals surface area contributed by atoms with Crippen LogP contribution < -0.4 is 0 Å². The quantitative estimate of drug-likeness (QED) is 0.848. The highest BCUT2D eigenvalue weighted by molar-refractivity contribution is 5.13. The minimum Gasteiger partial charge on any atom is -0.374 e. The van der Waals surface area contributed by atoms with Crippen LogP contribution in [0.5, 0.6) is 0 Å². The van der Waals surface area contributed by atoms with Gasteiger partial charge in [-0.15, -0.1) is 0 Å². The molecule has 0 spiro atoms. The molecule has 4 heteroatoms. The third-order valence-electron chi connectivity index (χ3n) is 2.56. The predicted octanol–water partition coefficient (Wildman–Crippen LogP) is 1.65. The van der Waals surface area contributed by atoms with Crippen molar-refractivity contribution < 1.29 is 19.0 Å². The molecule has 3 nitrogen and oxygen atoms in total. The van der Waals surface area contributed by atoms with Crippen LogP contribution in [0.25, 0.3) is 0 Å². The Morgan fingerprint density at radius 1 is 1.38 bits per heavy atom. The molecule has 0 saturated carbocycles. The van der Waals surface area contributed by atoms with Crippen molar-refractivity contribution in [3.63, 3.8) is 0 Å². The smallest absolute Gasteiger partial charge is 0.158 e. The lowest BCUT2D eigenvalue weighted by Gasteiger charge is -2.12. The van der Waals surface area contributed by atoms with Gasteiger partial charge in [0, 0.05) is 6.42 Å². The summed E-state index contributed by atoms with van der Waals surface area (Å²) >= 11 is 0. The number of hydrogen-bond acceptors (Lipinski definition) is 3. The minimum atomic E-state index is -1.13. The van der Waals surface area contributed by atoms with Crippen molar-refractivity contribution in [3.8, 4) is 0 Å². The van der Waals surface area contributed by atoms with Crippen molar-refractivity contribution in [2.24, 2.45) is 0 Å². The van der Waals surface area contributed by atoms with Gasteiger partial charge in [-0.05, 0) is 5.56 Å². The Bertz CT molecular complexity index is 317. The van der Waals surface area contributed by atoms with Gasteiger partial charge >= 0.3 is 0 Å². The number of aliphatic hydroxyl groups excluding tert-OH is 1. The second kappa shape index (κ2) is 5.39. The Hall–Kier alpha value is -0.970. The second-order valence-corrected chi connectivity index (χ2v) is 3.88. The average Bonchev–Trinajstić information content (AvgIpc) is 2.59. The summed E-state index contributed by atoms with van der Waals surface area (Å²) in [4.78, 5) is 0. The molecule has 0 bridgehead atoms. The summed E-state index contributed by atoms with van der Waals surface area (Å²) < 4.78 is 23.5. The van der Waals surface area contributed by atoms with E-state index in [1.807, 2.05) is 30.3 Å². The highest BCUT2D eigenvalue weighted by atomic mass is 19.1. The zero-order chi connectivity index (χ0) is 11.4. The van der Waals surface area contributed by atoms with Gasteiger partial charge in [-0.2, -0.15) is 0 Å². The van der Waals surface area contributed by atoms with E-state index in [9.17, 15) is 4.39 Å². The molecular formula is C12H15FO3. The summed E-state index contributed by atoms with van der Waals surface area (Å²) in [6.45, 7) is 0.608. The van der Waals surface area contributed by atoms with Gasteiger partial charge in [0.25, 0.3) is 0 Å². The van der Waals surface area contributed by atoms with E-state index in [0.717, 1.165) is 5.56 Å². The van der Waals surface area contributed by atoms with Gasteiger partial charge in [0.2, 0.25) is 0 Å². The summed E-state index contributed by atoms with van der Waals surface area (Å²) in [5, 5.41) is 9.07. The molecule has 1 aromatic rings. The number of ether oxygens (including phenoxy) is 2. The van der Waals surface area contributed by atoms with Crippen LogP contribution in [0.4, 0.5) is 4.39 Å². The first-order valence-electron chi connectivity index (χ1n) is 5.35. The number of aliphatic hydroxyl groups is 1.